The quantitative estimate of drug-likeness (QED) is 0.814. The van der Waals surface area contributed by atoms with Crippen LogP contribution in [0.15, 0.2) is 47.2 Å². The Labute approximate surface area is 169 Å². The molecule has 7 heteroatoms. The van der Waals surface area contributed by atoms with Gasteiger partial charge < -0.3 is 15.5 Å². The Kier molecular flexibility index (Phi) is 5.64. The normalized spacial score (nSPS) is 24.6. The molecule has 28 heavy (non-hydrogen) atoms. The zero-order chi connectivity index (χ0) is 19.5. The summed E-state index contributed by atoms with van der Waals surface area (Å²) in [4.78, 5) is 29.7. The van der Waals surface area contributed by atoms with Crippen molar-refractivity contribution in [3.8, 4) is 0 Å². The van der Waals surface area contributed by atoms with Gasteiger partial charge in [-0.2, -0.15) is 11.3 Å². The summed E-state index contributed by atoms with van der Waals surface area (Å²) in [5.41, 5.74) is 1.86. The number of hydrogen-bond acceptors (Lipinski definition) is 4. The minimum Gasteiger partial charge on any atom is -0.354 e. The molecule has 4 atom stereocenters. The van der Waals surface area contributed by atoms with Gasteiger partial charge in [0.2, 0.25) is 5.91 Å². The highest BCUT2D eigenvalue weighted by atomic mass is 32.1. The van der Waals surface area contributed by atoms with E-state index in [1.54, 1.807) is 11.3 Å². The van der Waals surface area contributed by atoms with E-state index >= 15 is 0 Å². The van der Waals surface area contributed by atoms with E-state index in [1.165, 1.54) is 0 Å². The van der Waals surface area contributed by atoms with Crippen LogP contribution < -0.4 is 10.6 Å². The van der Waals surface area contributed by atoms with Gasteiger partial charge in [-0.1, -0.05) is 18.2 Å². The lowest BCUT2D eigenvalue weighted by molar-refractivity contribution is -0.122. The van der Waals surface area contributed by atoms with Crippen LogP contribution in [0.4, 0.5) is 10.5 Å². The molecule has 2 saturated heterocycles. The number of piperazine rings is 1. The first-order chi connectivity index (χ1) is 13.6. The Hall–Kier alpha value is -2.38. The number of carbonyl (C=O) groups excluding carboxylic acids is 2. The van der Waals surface area contributed by atoms with E-state index in [0.29, 0.717) is 13.1 Å². The average molecular weight is 399 g/mol. The number of benzene rings is 1. The van der Waals surface area contributed by atoms with Crippen molar-refractivity contribution in [1.29, 1.82) is 0 Å². The van der Waals surface area contributed by atoms with Crippen LogP contribution in [0.2, 0.25) is 0 Å². The van der Waals surface area contributed by atoms with Gasteiger partial charge in [0.25, 0.3) is 0 Å². The van der Waals surface area contributed by atoms with Crippen LogP contribution in [0.3, 0.4) is 0 Å². The lowest BCUT2D eigenvalue weighted by atomic mass is 10.0. The largest absolute Gasteiger partial charge is 0.354 e. The first-order valence-corrected chi connectivity index (χ1v) is 10.7. The fraction of sp³-hybridized carbons (Fsp3) is 0.429. The van der Waals surface area contributed by atoms with Gasteiger partial charge in [-0.15, -0.1) is 0 Å². The van der Waals surface area contributed by atoms with Crippen LogP contribution in [0.25, 0.3) is 0 Å². The highest BCUT2D eigenvalue weighted by Crippen LogP contribution is 2.26. The smallest absolute Gasteiger partial charge is 0.322 e. The maximum atomic E-state index is 12.8. The molecule has 1 unspecified atom stereocenters. The van der Waals surface area contributed by atoms with Crippen molar-refractivity contribution in [2.75, 3.05) is 31.5 Å². The van der Waals surface area contributed by atoms with E-state index in [9.17, 15) is 9.59 Å². The molecule has 1 aromatic heterocycles. The minimum atomic E-state index is -0.154. The Morgan fingerprint density at radius 1 is 1.21 bits per heavy atom. The SMILES string of the molecule is C[C@H](C(=O)NC[C@@H]1CN(C(=O)Nc2ccccc2)[C@H]2CCN1C2)c1ccsc1. The van der Waals surface area contributed by atoms with E-state index in [1.807, 2.05) is 59.0 Å². The Balaban J connectivity index is 1.35. The number of thiophene rings is 1. The summed E-state index contributed by atoms with van der Waals surface area (Å²) in [6, 6.07) is 11.9. The Bertz CT molecular complexity index is 811. The molecule has 148 valence electrons. The monoisotopic (exact) mass is 398 g/mol. The molecular formula is C21H26N4O2S. The van der Waals surface area contributed by atoms with E-state index in [4.69, 9.17) is 0 Å². The van der Waals surface area contributed by atoms with E-state index < -0.39 is 0 Å². The highest BCUT2D eigenvalue weighted by Gasteiger charge is 2.40. The van der Waals surface area contributed by atoms with Gasteiger partial charge in [0.15, 0.2) is 0 Å². The second-order valence-corrected chi connectivity index (χ2v) is 8.34. The van der Waals surface area contributed by atoms with Crippen molar-refractivity contribution < 1.29 is 9.59 Å². The van der Waals surface area contributed by atoms with E-state index in [2.05, 4.69) is 15.5 Å². The first kappa shape index (κ1) is 19.0. The zero-order valence-corrected chi connectivity index (χ0v) is 16.8. The lowest BCUT2D eigenvalue weighted by Gasteiger charge is -2.40. The second-order valence-electron chi connectivity index (χ2n) is 7.56. The fourth-order valence-electron chi connectivity index (χ4n) is 4.05. The maximum absolute atomic E-state index is 12.8. The number of nitrogens with one attached hydrogen (secondary N) is 2. The van der Waals surface area contributed by atoms with Crippen LogP contribution in [-0.4, -0.2) is 60.0 Å². The molecule has 0 saturated carbocycles. The predicted molar refractivity (Wildman–Crippen MR) is 112 cm³/mol. The number of urea groups is 1. The summed E-state index contributed by atoms with van der Waals surface area (Å²) in [6.07, 6.45) is 0.984. The number of para-hydroxylation sites is 1. The molecule has 4 rings (SSSR count). The van der Waals surface area contributed by atoms with Crippen LogP contribution >= 0.6 is 11.3 Å². The predicted octanol–water partition coefficient (Wildman–Crippen LogP) is 2.96. The van der Waals surface area contributed by atoms with Crippen molar-refractivity contribution in [1.82, 2.24) is 15.1 Å². The first-order valence-electron chi connectivity index (χ1n) is 9.78. The molecule has 2 bridgehead atoms. The molecule has 0 aliphatic carbocycles. The molecule has 2 aliphatic heterocycles. The molecule has 0 radical (unpaired) electrons. The summed E-state index contributed by atoms with van der Waals surface area (Å²) in [6.45, 7) is 4.98. The van der Waals surface area contributed by atoms with Crippen LogP contribution in [-0.2, 0) is 4.79 Å². The number of hydrogen-bond donors (Lipinski definition) is 2. The number of fused-ring (bicyclic) bond motifs is 2. The van der Waals surface area contributed by atoms with Gasteiger partial charge in [-0.05, 0) is 47.9 Å². The van der Waals surface area contributed by atoms with Crippen molar-refractivity contribution in [2.45, 2.75) is 31.3 Å². The van der Waals surface area contributed by atoms with Crippen LogP contribution in [0.1, 0.15) is 24.8 Å². The fourth-order valence-corrected chi connectivity index (χ4v) is 4.80. The molecule has 2 aliphatic rings. The zero-order valence-electron chi connectivity index (χ0n) is 16.0. The third-order valence-electron chi connectivity index (χ3n) is 5.79. The van der Waals surface area contributed by atoms with E-state index in [0.717, 1.165) is 30.8 Å². The summed E-state index contributed by atoms with van der Waals surface area (Å²) in [5.74, 6) is -0.112. The standard InChI is InChI=1S/C21H26N4O2S/c1-15(16-8-10-28-14-16)20(26)22-11-19-13-25(18-7-9-24(19)12-18)21(27)23-17-5-3-2-4-6-17/h2-6,8,10,14-15,18-19H,7,9,11-13H2,1H3,(H,22,26)(H,23,27)/t15-,18-,19+/m0/s1. The van der Waals surface area contributed by atoms with Crippen molar-refractivity contribution in [3.05, 3.63) is 52.7 Å². The number of amides is 3. The Morgan fingerprint density at radius 3 is 2.79 bits per heavy atom. The number of nitrogens with zero attached hydrogens (tertiary/aromatic N) is 2. The molecule has 2 aromatic rings. The molecule has 3 heterocycles. The van der Waals surface area contributed by atoms with Crippen molar-refractivity contribution in [3.63, 3.8) is 0 Å². The summed E-state index contributed by atoms with van der Waals surface area (Å²) < 4.78 is 0. The summed E-state index contributed by atoms with van der Waals surface area (Å²) >= 11 is 1.61. The van der Waals surface area contributed by atoms with Crippen LogP contribution in [0.5, 0.6) is 0 Å². The van der Waals surface area contributed by atoms with Crippen LogP contribution in [0, 0.1) is 0 Å². The molecule has 1 aromatic carbocycles. The highest BCUT2D eigenvalue weighted by molar-refractivity contribution is 7.08. The molecule has 3 amide bonds. The molecule has 2 fully saturated rings. The van der Waals surface area contributed by atoms with Gasteiger partial charge in [0.1, 0.15) is 0 Å². The second kappa shape index (κ2) is 8.32. The molecule has 0 spiro atoms. The lowest BCUT2D eigenvalue weighted by Crippen LogP contribution is -2.58. The number of carbonyl (C=O) groups is 2. The molecule has 2 N–H and O–H groups in total. The molecular weight excluding hydrogens is 372 g/mol. The number of anilines is 1. The summed E-state index contributed by atoms with van der Waals surface area (Å²) in [7, 11) is 0. The molecule has 6 nitrogen and oxygen atoms in total. The van der Waals surface area contributed by atoms with Gasteiger partial charge in [-0.25, -0.2) is 4.79 Å². The van der Waals surface area contributed by atoms with Gasteiger partial charge in [0, 0.05) is 44.0 Å². The van der Waals surface area contributed by atoms with Gasteiger partial charge >= 0.3 is 6.03 Å². The summed E-state index contributed by atoms with van der Waals surface area (Å²) in [5, 5.41) is 10.1. The van der Waals surface area contributed by atoms with Crippen molar-refractivity contribution >= 4 is 29.0 Å². The maximum Gasteiger partial charge on any atom is 0.322 e. The average Bonchev–Trinajstić information content (AvgIpc) is 3.38. The Morgan fingerprint density at radius 2 is 2.04 bits per heavy atom. The van der Waals surface area contributed by atoms with Gasteiger partial charge in [0.05, 0.1) is 5.92 Å². The number of rotatable bonds is 5. The third-order valence-corrected chi connectivity index (χ3v) is 6.50. The van der Waals surface area contributed by atoms with Gasteiger partial charge in [-0.3, -0.25) is 9.69 Å². The third kappa shape index (κ3) is 4.05. The van der Waals surface area contributed by atoms with Crippen molar-refractivity contribution in [2.24, 2.45) is 0 Å². The van der Waals surface area contributed by atoms with E-state index in [-0.39, 0.29) is 29.9 Å². The topological polar surface area (TPSA) is 64.7 Å². The minimum absolute atomic E-state index is 0.0417.